The van der Waals surface area contributed by atoms with Crippen LogP contribution in [0.5, 0.6) is 0 Å². The summed E-state index contributed by atoms with van der Waals surface area (Å²) in [5.74, 6) is -0.610. The van der Waals surface area contributed by atoms with E-state index in [-0.39, 0.29) is 0 Å². The number of aliphatic hydroxyl groups is 1. The molecule has 4 heteroatoms. The number of rotatable bonds is 6. The topological polar surface area (TPSA) is 61.7 Å². The maximum atomic E-state index is 12.9. The van der Waals surface area contributed by atoms with E-state index in [2.05, 4.69) is 17.5 Å². The predicted octanol–water partition coefficient (Wildman–Crippen LogP) is 3.64. The van der Waals surface area contributed by atoms with Crippen molar-refractivity contribution in [3.05, 3.63) is 107 Å². The molecular formula is C23H22N2O2. The average Bonchev–Trinajstić information content (AvgIpc) is 2.74. The molecule has 0 aliphatic carbocycles. The molecule has 0 aromatic heterocycles. The number of hydrogen-bond acceptors (Lipinski definition) is 3. The highest BCUT2D eigenvalue weighted by Crippen LogP contribution is 2.29. The lowest BCUT2D eigenvalue weighted by Gasteiger charge is -2.27. The molecule has 0 aliphatic rings. The van der Waals surface area contributed by atoms with E-state index < -0.39 is 11.5 Å². The second-order valence-electron chi connectivity index (χ2n) is 6.24. The summed E-state index contributed by atoms with van der Waals surface area (Å²) in [6.45, 7) is 2.09. The summed E-state index contributed by atoms with van der Waals surface area (Å²) in [7, 11) is 0. The minimum Gasteiger partial charge on any atom is -0.372 e. The van der Waals surface area contributed by atoms with Crippen LogP contribution in [0.1, 0.15) is 29.2 Å². The first kappa shape index (κ1) is 18.5. The van der Waals surface area contributed by atoms with Crippen LogP contribution >= 0.6 is 0 Å². The number of nitrogens with zero attached hydrogens (tertiary/aromatic N) is 1. The van der Waals surface area contributed by atoms with Gasteiger partial charge in [0.25, 0.3) is 5.91 Å². The van der Waals surface area contributed by atoms with Gasteiger partial charge in [-0.05, 0) is 28.7 Å². The van der Waals surface area contributed by atoms with E-state index in [0.29, 0.717) is 11.1 Å². The average molecular weight is 358 g/mol. The van der Waals surface area contributed by atoms with Gasteiger partial charge in [0.1, 0.15) is 0 Å². The maximum absolute atomic E-state index is 12.9. The van der Waals surface area contributed by atoms with Gasteiger partial charge >= 0.3 is 0 Å². The molecular weight excluding hydrogens is 336 g/mol. The van der Waals surface area contributed by atoms with Gasteiger partial charge in [-0.2, -0.15) is 5.10 Å². The lowest BCUT2D eigenvalue weighted by Crippen LogP contribution is -2.43. The first-order valence-corrected chi connectivity index (χ1v) is 8.90. The quantitative estimate of drug-likeness (QED) is 0.522. The molecule has 0 bridgehead atoms. The Labute approximate surface area is 159 Å². The molecule has 0 aliphatic heterocycles. The van der Waals surface area contributed by atoms with E-state index in [4.69, 9.17) is 0 Å². The zero-order chi connectivity index (χ0) is 19.1. The van der Waals surface area contributed by atoms with Gasteiger partial charge in [0.15, 0.2) is 5.60 Å². The van der Waals surface area contributed by atoms with E-state index in [9.17, 15) is 9.90 Å². The molecule has 3 rings (SSSR count). The van der Waals surface area contributed by atoms with E-state index in [1.54, 1.807) is 54.7 Å². The monoisotopic (exact) mass is 358 g/mol. The molecule has 2 N–H and O–H groups in total. The fraction of sp³-hybridized carbons (Fsp3) is 0.130. The Morgan fingerprint density at radius 2 is 1.44 bits per heavy atom. The maximum Gasteiger partial charge on any atom is 0.281 e. The molecule has 0 fully saturated rings. The number of nitrogens with one attached hydrogen (secondary N) is 1. The van der Waals surface area contributed by atoms with Crippen molar-refractivity contribution in [3.63, 3.8) is 0 Å². The first-order valence-electron chi connectivity index (χ1n) is 8.90. The summed E-state index contributed by atoms with van der Waals surface area (Å²) >= 11 is 0. The predicted molar refractivity (Wildman–Crippen MR) is 107 cm³/mol. The van der Waals surface area contributed by atoms with Crippen LogP contribution in [0.3, 0.4) is 0 Å². The van der Waals surface area contributed by atoms with Gasteiger partial charge in [-0.15, -0.1) is 0 Å². The summed E-state index contributed by atoms with van der Waals surface area (Å²) in [4.78, 5) is 12.9. The van der Waals surface area contributed by atoms with Crippen LogP contribution in [-0.4, -0.2) is 17.2 Å². The molecule has 0 radical (unpaired) electrons. The Morgan fingerprint density at radius 3 is 1.93 bits per heavy atom. The SMILES string of the molecule is CCc1ccc(/C=N/NC(=O)C(O)(c2ccccc2)c2ccccc2)cc1. The van der Waals surface area contributed by atoms with Crippen molar-refractivity contribution in [2.45, 2.75) is 18.9 Å². The lowest BCUT2D eigenvalue weighted by atomic mass is 9.85. The zero-order valence-corrected chi connectivity index (χ0v) is 15.2. The second kappa shape index (κ2) is 8.43. The van der Waals surface area contributed by atoms with Crippen molar-refractivity contribution >= 4 is 12.1 Å². The van der Waals surface area contributed by atoms with Crippen molar-refractivity contribution in [2.24, 2.45) is 5.10 Å². The Bertz CT molecular complexity index is 865. The summed E-state index contributed by atoms with van der Waals surface area (Å²) in [6, 6.07) is 25.6. The molecule has 136 valence electrons. The molecule has 3 aromatic carbocycles. The van der Waals surface area contributed by atoms with E-state index in [1.807, 2.05) is 36.4 Å². The molecule has 0 atom stereocenters. The third kappa shape index (κ3) is 4.13. The largest absolute Gasteiger partial charge is 0.372 e. The van der Waals surface area contributed by atoms with Gasteiger partial charge in [0.05, 0.1) is 6.21 Å². The van der Waals surface area contributed by atoms with Crippen LogP contribution in [0.4, 0.5) is 0 Å². The third-order valence-electron chi connectivity index (χ3n) is 4.48. The van der Waals surface area contributed by atoms with Crippen molar-refractivity contribution in [3.8, 4) is 0 Å². The van der Waals surface area contributed by atoms with Gasteiger partial charge in [-0.25, -0.2) is 5.43 Å². The van der Waals surface area contributed by atoms with Gasteiger partial charge in [0, 0.05) is 0 Å². The van der Waals surface area contributed by atoms with Crippen LogP contribution in [0.25, 0.3) is 0 Å². The fourth-order valence-electron chi connectivity index (χ4n) is 2.87. The highest BCUT2D eigenvalue weighted by atomic mass is 16.3. The molecule has 0 heterocycles. The van der Waals surface area contributed by atoms with E-state index in [1.165, 1.54) is 5.56 Å². The van der Waals surface area contributed by atoms with Crippen LogP contribution in [-0.2, 0) is 16.8 Å². The number of carbonyl (C=O) groups is 1. The van der Waals surface area contributed by atoms with Gasteiger partial charge in [-0.3, -0.25) is 4.79 Å². The number of benzene rings is 3. The standard InChI is InChI=1S/C23H22N2O2/c1-2-18-13-15-19(16-14-18)17-24-25-22(26)23(27,20-9-5-3-6-10-20)21-11-7-4-8-12-21/h3-17,27H,2H2,1H3,(H,25,26)/b24-17+. The summed E-state index contributed by atoms with van der Waals surface area (Å²) in [6.07, 6.45) is 2.53. The van der Waals surface area contributed by atoms with Crippen LogP contribution in [0.2, 0.25) is 0 Å². The minimum atomic E-state index is -1.83. The van der Waals surface area contributed by atoms with Crippen molar-refractivity contribution in [1.82, 2.24) is 5.43 Å². The van der Waals surface area contributed by atoms with Crippen LogP contribution in [0.15, 0.2) is 90.0 Å². The molecule has 0 saturated heterocycles. The van der Waals surface area contributed by atoms with Gasteiger partial charge in [-0.1, -0.05) is 91.9 Å². The highest BCUT2D eigenvalue weighted by molar-refractivity contribution is 5.91. The molecule has 0 unspecified atom stereocenters. The van der Waals surface area contributed by atoms with Crippen molar-refractivity contribution in [2.75, 3.05) is 0 Å². The Hall–Kier alpha value is -3.24. The second-order valence-corrected chi connectivity index (χ2v) is 6.24. The molecule has 0 saturated carbocycles. The smallest absolute Gasteiger partial charge is 0.281 e. The molecule has 27 heavy (non-hydrogen) atoms. The number of hydrazone groups is 1. The van der Waals surface area contributed by atoms with E-state index in [0.717, 1.165) is 12.0 Å². The Morgan fingerprint density at radius 1 is 0.926 bits per heavy atom. The Kier molecular flexibility index (Phi) is 5.79. The molecule has 1 amide bonds. The number of carbonyl (C=O) groups excluding carboxylic acids is 1. The fourth-order valence-corrected chi connectivity index (χ4v) is 2.87. The third-order valence-corrected chi connectivity index (χ3v) is 4.48. The number of hydrogen-bond donors (Lipinski definition) is 2. The van der Waals surface area contributed by atoms with Gasteiger partial charge in [0.2, 0.25) is 0 Å². The Balaban J connectivity index is 1.84. The van der Waals surface area contributed by atoms with E-state index >= 15 is 0 Å². The molecule has 3 aromatic rings. The zero-order valence-electron chi connectivity index (χ0n) is 15.2. The van der Waals surface area contributed by atoms with Gasteiger partial charge < -0.3 is 5.11 Å². The summed E-state index contributed by atoms with van der Waals surface area (Å²) in [5.41, 5.74) is 3.72. The number of aryl methyl sites for hydroxylation is 1. The molecule has 0 spiro atoms. The number of amides is 1. The van der Waals surface area contributed by atoms with Crippen molar-refractivity contribution in [1.29, 1.82) is 0 Å². The lowest BCUT2D eigenvalue weighted by molar-refractivity contribution is -0.136. The minimum absolute atomic E-state index is 0.483. The molecule has 4 nitrogen and oxygen atoms in total. The highest BCUT2D eigenvalue weighted by Gasteiger charge is 2.39. The first-order chi connectivity index (χ1) is 13.1. The van der Waals surface area contributed by atoms with Crippen molar-refractivity contribution < 1.29 is 9.90 Å². The van der Waals surface area contributed by atoms with Crippen LogP contribution in [0, 0.1) is 0 Å². The van der Waals surface area contributed by atoms with Crippen LogP contribution < -0.4 is 5.43 Å². The summed E-state index contributed by atoms with van der Waals surface area (Å²) < 4.78 is 0. The summed E-state index contributed by atoms with van der Waals surface area (Å²) in [5, 5.41) is 15.3. The normalized spacial score (nSPS) is 11.5.